The van der Waals surface area contributed by atoms with Gasteiger partial charge in [-0.2, -0.15) is 0 Å². The summed E-state index contributed by atoms with van der Waals surface area (Å²) in [6.07, 6.45) is 2.99. The number of hydrogen-bond acceptors (Lipinski definition) is 6. The molecule has 0 unspecified atom stereocenters. The summed E-state index contributed by atoms with van der Waals surface area (Å²) in [5.74, 6) is 0.164. The molecule has 1 aromatic heterocycles. The molecule has 1 heterocycles. The van der Waals surface area contributed by atoms with Crippen molar-refractivity contribution >= 4 is 28.4 Å². The lowest BCUT2D eigenvalue weighted by atomic mass is 9.88. The molecular formula is C30H24FNO5. The third-order valence-electron chi connectivity index (χ3n) is 6.74. The minimum absolute atomic E-state index is 0.0881. The predicted molar refractivity (Wildman–Crippen MR) is 135 cm³/mol. The molecule has 0 spiro atoms. The van der Waals surface area contributed by atoms with E-state index in [0.29, 0.717) is 41.0 Å². The highest BCUT2D eigenvalue weighted by Gasteiger charge is 2.54. The number of methoxy groups -OCH3 is 1. The molecule has 37 heavy (non-hydrogen) atoms. The first-order valence-electron chi connectivity index (χ1n) is 11.9. The van der Waals surface area contributed by atoms with Crippen molar-refractivity contribution in [2.45, 2.75) is 25.7 Å². The highest BCUT2D eigenvalue weighted by Crippen LogP contribution is 2.48. The first-order chi connectivity index (χ1) is 17.9. The standard InChI is InChI=1S/C30H24FNO5/c1-36-29(35)21-6-11-24-25(18-21)32-15-12-26(24)37-23-9-4-20(5-10-23)17-28(34)30(13-14-30)27(33)16-19-2-7-22(31)8-3-19/h2-12,15,18H,13-14,16-17H2,1H3. The third kappa shape index (κ3) is 5.11. The van der Waals surface area contributed by atoms with Crippen LogP contribution in [-0.4, -0.2) is 29.6 Å². The Kier molecular flexibility index (Phi) is 6.53. The SMILES string of the molecule is COC(=O)c1ccc2c(Oc3ccc(CC(=O)C4(C(=O)Cc5ccc(F)cc5)CC4)cc3)ccnc2c1. The fourth-order valence-electron chi connectivity index (χ4n) is 4.41. The van der Waals surface area contributed by atoms with Crippen molar-refractivity contribution in [1.29, 1.82) is 0 Å². The Balaban J connectivity index is 1.25. The fourth-order valence-corrected chi connectivity index (χ4v) is 4.41. The quantitative estimate of drug-likeness (QED) is 0.219. The van der Waals surface area contributed by atoms with E-state index in [2.05, 4.69) is 4.98 Å². The summed E-state index contributed by atoms with van der Waals surface area (Å²) in [6.45, 7) is 0. The second-order valence-corrected chi connectivity index (χ2v) is 9.19. The van der Waals surface area contributed by atoms with Crippen LogP contribution in [0.4, 0.5) is 4.39 Å². The number of carbonyl (C=O) groups excluding carboxylic acids is 3. The smallest absolute Gasteiger partial charge is 0.337 e. The average Bonchev–Trinajstić information content (AvgIpc) is 3.73. The van der Waals surface area contributed by atoms with E-state index in [1.807, 2.05) is 12.1 Å². The molecule has 0 radical (unpaired) electrons. The Morgan fingerprint density at radius 3 is 2.08 bits per heavy atom. The number of nitrogens with zero attached hydrogens (tertiary/aromatic N) is 1. The normalized spacial score (nSPS) is 13.7. The highest BCUT2D eigenvalue weighted by atomic mass is 19.1. The number of fused-ring (bicyclic) bond motifs is 1. The number of ketones is 2. The van der Waals surface area contributed by atoms with Gasteiger partial charge in [-0.05, 0) is 72.5 Å². The van der Waals surface area contributed by atoms with Crippen LogP contribution < -0.4 is 4.74 Å². The number of carbonyl (C=O) groups is 3. The molecule has 1 saturated carbocycles. The second kappa shape index (κ2) is 9.93. The number of rotatable bonds is 9. The topological polar surface area (TPSA) is 82.6 Å². The van der Waals surface area contributed by atoms with Gasteiger partial charge in [0.15, 0.2) is 11.6 Å². The zero-order chi connectivity index (χ0) is 26.0. The first-order valence-corrected chi connectivity index (χ1v) is 11.9. The van der Waals surface area contributed by atoms with Crippen molar-refractivity contribution in [3.63, 3.8) is 0 Å². The molecule has 0 aliphatic heterocycles. The molecular weight excluding hydrogens is 473 g/mol. The van der Waals surface area contributed by atoms with E-state index in [-0.39, 0.29) is 30.2 Å². The minimum atomic E-state index is -0.928. The molecule has 3 aromatic carbocycles. The number of ether oxygens (including phenoxy) is 2. The van der Waals surface area contributed by atoms with Gasteiger partial charge in [-0.1, -0.05) is 24.3 Å². The van der Waals surface area contributed by atoms with Gasteiger partial charge in [0.1, 0.15) is 17.3 Å². The van der Waals surface area contributed by atoms with Crippen LogP contribution >= 0.6 is 0 Å². The summed E-state index contributed by atoms with van der Waals surface area (Å²) >= 11 is 0. The summed E-state index contributed by atoms with van der Waals surface area (Å²) in [4.78, 5) is 42.1. The van der Waals surface area contributed by atoms with Gasteiger partial charge in [0.2, 0.25) is 0 Å². The van der Waals surface area contributed by atoms with Crippen LogP contribution in [0.25, 0.3) is 10.9 Å². The van der Waals surface area contributed by atoms with E-state index in [1.54, 1.807) is 54.7 Å². The van der Waals surface area contributed by atoms with Crippen molar-refractivity contribution in [2.24, 2.45) is 5.41 Å². The van der Waals surface area contributed by atoms with E-state index >= 15 is 0 Å². The predicted octanol–water partition coefficient (Wildman–Crippen LogP) is 5.66. The van der Waals surface area contributed by atoms with Crippen molar-refractivity contribution in [1.82, 2.24) is 4.98 Å². The van der Waals surface area contributed by atoms with Crippen LogP contribution in [0.2, 0.25) is 0 Å². The Bertz CT molecular complexity index is 1490. The van der Waals surface area contributed by atoms with E-state index in [1.165, 1.54) is 19.2 Å². The van der Waals surface area contributed by atoms with Crippen LogP contribution in [0.3, 0.4) is 0 Å². The zero-order valence-corrected chi connectivity index (χ0v) is 20.2. The lowest BCUT2D eigenvalue weighted by molar-refractivity contribution is -0.133. The molecule has 1 aliphatic carbocycles. The fraction of sp³-hybridized carbons (Fsp3) is 0.200. The minimum Gasteiger partial charge on any atom is -0.465 e. The summed E-state index contributed by atoms with van der Waals surface area (Å²) in [7, 11) is 1.33. The Hall–Kier alpha value is -4.39. The van der Waals surface area contributed by atoms with Gasteiger partial charge < -0.3 is 9.47 Å². The number of aromatic nitrogens is 1. The molecule has 6 nitrogen and oxygen atoms in total. The maximum atomic E-state index is 13.1. The highest BCUT2D eigenvalue weighted by molar-refractivity contribution is 6.11. The zero-order valence-electron chi connectivity index (χ0n) is 20.2. The molecule has 0 bridgehead atoms. The molecule has 5 rings (SSSR count). The van der Waals surface area contributed by atoms with Gasteiger partial charge >= 0.3 is 5.97 Å². The number of esters is 1. The van der Waals surface area contributed by atoms with Crippen molar-refractivity contribution in [2.75, 3.05) is 7.11 Å². The van der Waals surface area contributed by atoms with Crippen molar-refractivity contribution in [3.8, 4) is 11.5 Å². The van der Waals surface area contributed by atoms with Gasteiger partial charge in [-0.15, -0.1) is 0 Å². The molecule has 0 saturated heterocycles. The van der Waals surface area contributed by atoms with Crippen LogP contribution in [0.1, 0.15) is 34.3 Å². The Morgan fingerprint density at radius 2 is 1.49 bits per heavy atom. The van der Waals surface area contributed by atoms with Gasteiger partial charge in [0.25, 0.3) is 0 Å². The number of benzene rings is 3. The van der Waals surface area contributed by atoms with Crippen molar-refractivity contribution in [3.05, 3.63) is 102 Å². The summed E-state index contributed by atoms with van der Waals surface area (Å²) in [5, 5.41) is 0.741. The first kappa shape index (κ1) is 24.3. The molecule has 7 heteroatoms. The molecule has 0 atom stereocenters. The van der Waals surface area contributed by atoms with Gasteiger partial charge in [-0.3, -0.25) is 14.6 Å². The van der Waals surface area contributed by atoms with E-state index in [0.717, 1.165) is 10.9 Å². The van der Waals surface area contributed by atoms with Gasteiger partial charge in [-0.25, -0.2) is 9.18 Å². The maximum Gasteiger partial charge on any atom is 0.337 e. The maximum absolute atomic E-state index is 13.1. The molecule has 0 amide bonds. The summed E-state index contributed by atoms with van der Waals surface area (Å²) < 4.78 is 24.0. The third-order valence-corrected chi connectivity index (χ3v) is 6.74. The summed E-state index contributed by atoms with van der Waals surface area (Å²) in [5.41, 5.74) is 1.57. The molecule has 4 aromatic rings. The molecule has 186 valence electrons. The van der Waals surface area contributed by atoms with E-state index < -0.39 is 11.4 Å². The number of hydrogen-bond donors (Lipinski definition) is 0. The average molecular weight is 498 g/mol. The van der Waals surface area contributed by atoms with Crippen LogP contribution in [0, 0.1) is 11.2 Å². The van der Waals surface area contributed by atoms with Crippen LogP contribution in [-0.2, 0) is 27.2 Å². The molecule has 0 N–H and O–H groups in total. The van der Waals surface area contributed by atoms with E-state index in [9.17, 15) is 18.8 Å². The second-order valence-electron chi connectivity index (χ2n) is 9.19. The number of halogens is 1. The Morgan fingerprint density at radius 1 is 0.865 bits per heavy atom. The number of Topliss-reactive ketones (excluding diaryl/α,β-unsaturated/α-hetero) is 2. The Labute approximate surface area is 213 Å². The van der Waals surface area contributed by atoms with Crippen LogP contribution in [0.15, 0.2) is 79.0 Å². The monoisotopic (exact) mass is 497 g/mol. The van der Waals surface area contributed by atoms with Gasteiger partial charge in [0.05, 0.1) is 23.6 Å². The molecule has 1 fully saturated rings. The van der Waals surface area contributed by atoms with E-state index in [4.69, 9.17) is 9.47 Å². The summed E-state index contributed by atoms with van der Waals surface area (Å²) in [6, 6.07) is 19.8. The van der Waals surface area contributed by atoms with Gasteiger partial charge in [0, 0.05) is 24.4 Å². The lowest BCUT2D eigenvalue weighted by Gasteiger charge is -2.14. The number of pyridine rings is 1. The molecule has 1 aliphatic rings. The van der Waals surface area contributed by atoms with Crippen LogP contribution in [0.5, 0.6) is 11.5 Å². The lowest BCUT2D eigenvalue weighted by Crippen LogP contribution is -2.28. The largest absolute Gasteiger partial charge is 0.465 e. The van der Waals surface area contributed by atoms with Crippen molar-refractivity contribution < 1.29 is 28.2 Å².